The van der Waals surface area contributed by atoms with Crippen LogP contribution in [0.3, 0.4) is 0 Å². The van der Waals surface area contributed by atoms with Crippen LogP contribution >= 0.6 is 33.9 Å². The first-order valence-electron chi connectivity index (χ1n) is 5.10. The third kappa shape index (κ3) is 3.72. The molecule has 0 fully saturated rings. The average Bonchev–Trinajstić information content (AvgIpc) is 2.29. The minimum Gasteiger partial charge on any atom is -0.352 e. The average molecular weight is 349 g/mol. The molecule has 0 spiro atoms. The summed E-state index contributed by atoms with van der Waals surface area (Å²) in [5, 5.41) is 1.20. The molecule has 0 bridgehead atoms. The van der Waals surface area contributed by atoms with Crippen molar-refractivity contribution in [2.75, 3.05) is 6.54 Å². The van der Waals surface area contributed by atoms with Gasteiger partial charge in [0.1, 0.15) is 10.7 Å². The minimum atomic E-state index is -4.37. The Hall–Kier alpha value is -0.560. The van der Waals surface area contributed by atoms with Crippen molar-refractivity contribution in [1.29, 1.82) is 0 Å². The molecule has 0 atom stereocenters. The fourth-order valence-electron chi connectivity index (χ4n) is 1.29. The van der Waals surface area contributed by atoms with Gasteiger partial charge in [0.15, 0.2) is 0 Å². The van der Waals surface area contributed by atoms with E-state index in [1.807, 2.05) is 6.92 Å². The van der Waals surface area contributed by atoms with E-state index in [2.05, 4.69) is 5.32 Å². The van der Waals surface area contributed by atoms with Gasteiger partial charge in [-0.15, -0.1) is 0 Å². The number of amides is 1. The Kier molecular flexibility index (Phi) is 5.43. The molecule has 106 valence electrons. The second kappa shape index (κ2) is 6.26. The van der Waals surface area contributed by atoms with Gasteiger partial charge in [-0.25, -0.2) is 12.8 Å². The first-order valence-corrected chi connectivity index (χ1v) is 8.17. The van der Waals surface area contributed by atoms with Gasteiger partial charge >= 0.3 is 0 Å². The molecule has 1 aromatic rings. The first kappa shape index (κ1) is 16.5. The number of rotatable bonds is 4. The molecule has 0 saturated heterocycles. The fraction of sp³-hybridized carbons (Fsp3) is 0.300. The predicted molar refractivity (Wildman–Crippen MR) is 72.1 cm³/mol. The molecule has 0 aliphatic carbocycles. The molecule has 0 radical (unpaired) electrons. The molecule has 0 aliphatic heterocycles. The molecule has 19 heavy (non-hydrogen) atoms. The Morgan fingerprint density at radius 3 is 2.42 bits per heavy atom. The number of carbonyl (C=O) groups is 1. The second-order valence-electron chi connectivity index (χ2n) is 3.56. The van der Waals surface area contributed by atoms with E-state index >= 15 is 0 Å². The van der Waals surface area contributed by atoms with Crippen LogP contribution in [0.4, 0.5) is 4.39 Å². The van der Waals surface area contributed by atoms with E-state index in [0.29, 0.717) is 13.0 Å². The zero-order valence-electron chi connectivity index (χ0n) is 9.64. The highest BCUT2D eigenvalue weighted by Gasteiger charge is 2.27. The molecular formula is C10H9Cl3FNO3S. The summed E-state index contributed by atoms with van der Waals surface area (Å²) in [7, 11) is 0.752. The SMILES string of the molecule is CCCNC(=O)c1cc(F)c(Cl)c(S(=O)(=O)Cl)c1Cl. The second-order valence-corrected chi connectivity index (χ2v) is 6.82. The zero-order chi connectivity index (χ0) is 14.8. The monoisotopic (exact) mass is 347 g/mol. The maximum atomic E-state index is 13.5. The number of nitrogens with one attached hydrogen (secondary N) is 1. The topological polar surface area (TPSA) is 63.2 Å². The summed E-state index contributed by atoms with van der Waals surface area (Å²) in [5.74, 6) is -1.80. The molecule has 0 heterocycles. The summed E-state index contributed by atoms with van der Waals surface area (Å²) in [6.07, 6.45) is 0.653. The molecule has 1 aromatic carbocycles. The summed E-state index contributed by atoms with van der Waals surface area (Å²) in [6.45, 7) is 2.15. The van der Waals surface area contributed by atoms with Gasteiger partial charge in [-0.05, 0) is 12.5 Å². The van der Waals surface area contributed by atoms with Crippen molar-refractivity contribution in [2.45, 2.75) is 18.2 Å². The Morgan fingerprint density at radius 2 is 1.95 bits per heavy atom. The van der Waals surface area contributed by atoms with Crippen molar-refractivity contribution in [2.24, 2.45) is 0 Å². The number of hydrogen-bond donors (Lipinski definition) is 1. The van der Waals surface area contributed by atoms with Crippen molar-refractivity contribution in [3.63, 3.8) is 0 Å². The Bertz CT molecular complexity index is 619. The van der Waals surface area contributed by atoms with Crippen LogP contribution in [-0.4, -0.2) is 20.9 Å². The molecule has 1 rings (SSSR count). The molecule has 0 aliphatic rings. The quantitative estimate of drug-likeness (QED) is 0.671. The normalized spacial score (nSPS) is 11.4. The van der Waals surface area contributed by atoms with Gasteiger partial charge < -0.3 is 5.32 Å². The highest BCUT2D eigenvalue weighted by Crippen LogP contribution is 2.36. The summed E-state index contributed by atoms with van der Waals surface area (Å²) < 4.78 is 36.2. The molecule has 0 unspecified atom stereocenters. The van der Waals surface area contributed by atoms with Crippen molar-refractivity contribution in [1.82, 2.24) is 5.32 Å². The molecule has 1 amide bonds. The lowest BCUT2D eigenvalue weighted by atomic mass is 10.2. The highest BCUT2D eigenvalue weighted by atomic mass is 35.7. The van der Waals surface area contributed by atoms with Crippen molar-refractivity contribution in [3.05, 3.63) is 27.5 Å². The van der Waals surface area contributed by atoms with Crippen LogP contribution in [0.1, 0.15) is 23.7 Å². The molecule has 0 aromatic heterocycles. The maximum Gasteiger partial charge on any atom is 0.264 e. The van der Waals surface area contributed by atoms with Crippen LogP contribution in [0.2, 0.25) is 10.0 Å². The molecule has 1 N–H and O–H groups in total. The van der Waals surface area contributed by atoms with Gasteiger partial charge in [0.2, 0.25) is 0 Å². The van der Waals surface area contributed by atoms with Crippen molar-refractivity contribution in [3.8, 4) is 0 Å². The number of halogens is 4. The number of carbonyl (C=O) groups excluding carboxylic acids is 1. The van der Waals surface area contributed by atoms with Gasteiger partial charge in [-0.2, -0.15) is 0 Å². The van der Waals surface area contributed by atoms with Crippen LogP contribution < -0.4 is 5.32 Å². The maximum absolute atomic E-state index is 13.5. The molecule has 9 heteroatoms. The summed E-state index contributed by atoms with van der Waals surface area (Å²) in [5.41, 5.74) is -0.337. The summed E-state index contributed by atoms with van der Waals surface area (Å²) >= 11 is 11.3. The Balaban J connectivity index is 3.45. The van der Waals surface area contributed by atoms with E-state index in [4.69, 9.17) is 33.9 Å². The summed E-state index contributed by atoms with van der Waals surface area (Å²) in [4.78, 5) is 10.9. The van der Waals surface area contributed by atoms with Crippen molar-refractivity contribution >= 4 is 48.8 Å². The largest absolute Gasteiger partial charge is 0.352 e. The van der Waals surface area contributed by atoms with E-state index in [1.165, 1.54) is 0 Å². The molecule has 4 nitrogen and oxygen atoms in total. The Labute approximate surface area is 124 Å². The molecule has 0 saturated carbocycles. The standard InChI is InChI=1S/C10H9Cl3FNO3S/c1-2-3-15-10(16)5-4-6(14)8(12)9(7(5)11)19(13,17)18/h4H,2-3H2,1H3,(H,15,16). The molecular weight excluding hydrogens is 340 g/mol. The predicted octanol–water partition coefficient (Wildman–Crippen LogP) is 3.20. The summed E-state index contributed by atoms with van der Waals surface area (Å²) in [6, 6.07) is 0.765. The van der Waals surface area contributed by atoms with Crippen LogP contribution in [0.25, 0.3) is 0 Å². The van der Waals surface area contributed by atoms with E-state index in [9.17, 15) is 17.6 Å². The Morgan fingerprint density at radius 1 is 1.37 bits per heavy atom. The van der Waals surface area contributed by atoms with Crippen LogP contribution in [0, 0.1) is 5.82 Å². The zero-order valence-corrected chi connectivity index (χ0v) is 12.7. The van der Waals surface area contributed by atoms with Crippen LogP contribution in [0.5, 0.6) is 0 Å². The lowest BCUT2D eigenvalue weighted by Crippen LogP contribution is -2.25. The van der Waals surface area contributed by atoms with E-state index in [-0.39, 0.29) is 5.56 Å². The van der Waals surface area contributed by atoms with Crippen LogP contribution in [-0.2, 0) is 9.05 Å². The first-order chi connectivity index (χ1) is 8.70. The third-order valence-electron chi connectivity index (χ3n) is 2.14. The van der Waals surface area contributed by atoms with Gasteiger partial charge in [0.25, 0.3) is 15.0 Å². The van der Waals surface area contributed by atoms with E-state index < -0.39 is 35.7 Å². The lowest BCUT2D eigenvalue weighted by Gasteiger charge is -2.10. The smallest absolute Gasteiger partial charge is 0.264 e. The van der Waals surface area contributed by atoms with Gasteiger partial charge in [-0.3, -0.25) is 4.79 Å². The fourth-order valence-corrected chi connectivity index (χ4v) is 3.67. The van der Waals surface area contributed by atoms with Gasteiger partial charge in [0, 0.05) is 17.2 Å². The van der Waals surface area contributed by atoms with Crippen molar-refractivity contribution < 1.29 is 17.6 Å². The number of hydrogen-bond acceptors (Lipinski definition) is 3. The third-order valence-corrected chi connectivity index (χ3v) is 4.48. The van der Waals surface area contributed by atoms with Gasteiger partial charge in [0.05, 0.1) is 15.6 Å². The van der Waals surface area contributed by atoms with E-state index in [0.717, 1.165) is 6.07 Å². The highest BCUT2D eigenvalue weighted by molar-refractivity contribution is 8.14. The van der Waals surface area contributed by atoms with Crippen LogP contribution in [0.15, 0.2) is 11.0 Å². The van der Waals surface area contributed by atoms with Gasteiger partial charge in [-0.1, -0.05) is 30.1 Å². The lowest BCUT2D eigenvalue weighted by molar-refractivity contribution is 0.0953. The van der Waals surface area contributed by atoms with E-state index in [1.54, 1.807) is 0 Å². The minimum absolute atomic E-state index is 0.336. The number of benzene rings is 1.